The molecule has 0 aromatic heterocycles. The van der Waals surface area contributed by atoms with Crippen LogP contribution in [-0.4, -0.2) is 19.6 Å². The molecule has 0 aromatic carbocycles. The molecule has 0 rings (SSSR count). The van der Waals surface area contributed by atoms with Gasteiger partial charge >= 0.3 is 6.47 Å². The lowest BCUT2D eigenvalue weighted by Gasteiger charge is -1.91. The number of hydrogen-bond donors (Lipinski definition) is 1. The van der Waals surface area contributed by atoms with Crippen LogP contribution in [0.1, 0.15) is 0 Å². The van der Waals surface area contributed by atoms with E-state index in [1.54, 1.807) is 0 Å². The van der Waals surface area contributed by atoms with Crippen LogP contribution in [0.5, 0.6) is 0 Å². The average molecular weight is 105 g/mol. The van der Waals surface area contributed by atoms with E-state index < -0.39 is 0 Å². The van der Waals surface area contributed by atoms with Crippen LogP contribution in [0.15, 0.2) is 0 Å². The van der Waals surface area contributed by atoms with E-state index in [0.29, 0.717) is 6.54 Å². The summed E-state index contributed by atoms with van der Waals surface area (Å²) >= 11 is 0. The molecule has 0 fully saturated rings. The van der Waals surface area contributed by atoms with Gasteiger partial charge in [0.1, 0.15) is 6.61 Å². The Labute approximate surface area is 41.1 Å². The molecular formula is C3H7NO3. The van der Waals surface area contributed by atoms with Gasteiger partial charge in [0.05, 0.1) is 0 Å². The minimum absolute atomic E-state index is 0.204. The monoisotopic (exact) mass is 105 g/mol. The highest BCUT2D eigenvalue weighted by Gasteiger charge is 1.77. The quantitative estimate of drug-likeness (QED) is 0.217. The van der Waals surface area contributed by atoms with E-state index in [1.807, 2.05) is 0 Å². The molecular weight excluding hydrogens is 98.0 g/mol. The van der Waals surface area contributed by atoms with Gasteiger partial charge in [0, 0.05) is 6.54 Å². The van der Waals surface area contributed by atoms with E-state index in [0.717, 1.165) is 0 Å². The Morgan fingerprint density at radius 1 is 1.71 bits per heavy atom. The molecule has 0 aromatic rings. The first kappa shape index (κ1) is 6.39. The molecule has 4 heteroatoms. The number of carbonyl (C=O) groups excluding carboxylic acids is 1. The number of nitrogens with two attached hydrogens (primary N) is 1. The van der Waals surface area contributed by atoms with Crippen LogP contribution in [0, 0.1) is 0 Å². The lowest BCUT2D eigenvalue weighted by molar-refractivity contribution is -0.256. The third kappa shape index (κ3) is 5.39. The fourth-order valence-electron chi connectivity index (χ4n) is 0.124. The van der Waals surface area contributed by atoms with Crippen LogP contribution in [0.25, 0.3) is 0 Å². The largest absolute Gasteiger partial charge is 0.330 e. The molecule has 0 unspecified atom stereocenters. The van der Waals surface area contributed by atoms with Crippen molar-refractivity contribution in [2.24, 2.45) is 5.73 Å². The second-order valence-corrected chi connectivity index (χ2v) is 0.803. The van der Waals surface area contributed by atoms with Crippen molar-refractivity contribution in [3.8, 4) is 0 Å². The molecule has 0 aliphatic heterocycles. The highest BCUT2D eigenvalue weighted by atomic mass is 17.2. The SMILES string of the molecule is NCCOOC=O. The highest BCUT2D eigenvalue weighted by molar-refractivity contribution is 5.35. The van der Waals surface area contributed by atoms with Gasteiger partial charge in [-0.1, -0.05) is 0 Å². The summed E-state index contributed by atoms with van der Waals surface area (Å²) < 4.78 is 0. The van der Waals surface area contributed by atoms with Gasteiger partial charge in [-0.15, -0.1) is 0 Å². The maximum Gasteiger partial charge on any atom is 0.330 e. The highest BCUT2D eigenvalue weighted by Crippen LogP contribution is 1.66. The van der Waals surface area contributed by atoms with Crippen molar-refractivity contribution in [3.05, 3.63) is 0 Å². The molecule has 7 heavy (non-hydrogen) atoms. The van der Waals surface area contributed by atoms with Crippen LogP contribution >= 0.6 is 0 Å². The van der Waals surface area contributed by atoms with Crippen LogP contribution in [0.4, 0.5) is 0 Å². The van der Waals surface area contributed by atoms with Gasteiger partial charge in [0.15, 0.2) is 0 Å². The Morgan fingerprint density at radius 3 is 2.86 bits per heavy atom. The van der Waals surface area contributed by atoms with Gasteiger partial charge in [-0.2, -0.15) is 4.89 Å². The number of carbonyl (C=O) groups is 1. The fourth-order valence-corrected chi connectivity index (χ4v) is 0.124. The predicted molar refractivity (Wildman–Crippen MR) is 22.2 cm³/mol. The van der Waals surface area contributed by atoms with Gasteiger partial charge in [-0.3, -0.25) is 4.79 Å². The minimum Gasteiger partial charge on any atom is -0.328 e. The van der Waals surface area contributed by atoms with Crippen LogP contribution in [0.3, 0.4) is 0 Å². The molecule has 0 spiro atoms. The molecule has 0 atom stereocenters. The standard InChI is InChI=1S/C3H7NO3/c4-1-2-6-7-3-5/h3H,1-2,4H2. The van der Waals surface area contributed by atoms with Crippen molar-refractivity contribution in [3.63, 3.8) is 0 Å². The first-order valence-electron chi connectivity index (χ1n) is 1.83. The van der Waals surface area contributed by atoms with Crippen molar-refractivity contribution >= 4 is 6.47 Å². The second kappa shape index (κ2) is 5.39. The smallest absolute Gasteiger partial charge is 0.328 e. The maximum atomic E-state index is 9.29. The summed E-state index contributed by atoms with van der Waals surface area (Å²) in [6.07, 6.45) is 0. The summed E-state index contributed by atoms with van der Waals surface area (Å²) in [4.78, 5) is 17.2. The summed E-state index contributed by atoms with van der Waals surface area (Å²) in [6.45, 7) is 0.808. The minimum atomic E-state index is 0.204. The molecule has 0 saturated heterocycles. The molecule has 42 valence electrons. The maximum absolute atomic E-state index is 9.29. The van der Waals surface area contributed by atoms with Crippen molar-refractivity contribution in [2.45, 2.75) is 0 Å². The molecule has 2 N–H and O–H groups in total. The molecule has 0 radical (unpaired) electrons. The Morgan fingerprint density at radius 2 is 2.43 bits per heavy atom. The normalized spacial score (nSPS) is 8.14. The molecule has 0 amide bonds. The summed E-state index contributed by atoms with van der Waals surface area (Å²) in [5, 5.41) is 0. The molecule has 0 aliphatic rings. The first-order valence-corrected chi connectivity index (χ1v) is 1.83. The topological polar surface area (TPSA) is 61.6 Å². The third-order valence-electron chi connectivity index (χ3n) is 0.309. The Kier molecular flexibility index (Phi) is 4.92. The Hall–Kier alpha value is -0.610. The lowest BCUT2D eigenvalue weighted by Crippen LogP contribution is -2.07. The predicted octanol–water partition coefficient (Wildman–Crippen LogP) is -0.950. The molecule has 4 nitrogen and oxygen atoms in total. The van der Waals surface area contributed by atoms with Crippen molar-refractivity contribution in [1.29, 1.82) is 0 Å². The van der Waals surface area contributed by atoms with Gasteiger partial charge in [-0.25, -0.2) is 0 Å². The van der Waals surface area contributed by atoms with Crippen molar-refractivity contribution in [1.82, 2.24) is 0 Å². The Balaban J connectivity index is 2.56. The van der Waals surface area contributed by atoms with E-state index in [-0.39, 0.29) is 13.1 Å². The van der Waals surface area contributed by atoms with E-state index in [2.05, 4.69) is 9.78 Å². The summed E-state index contributed by atoms with van der Waals surface area (Å²) in [5.74, 6) is 0. The molecule has 0 bridgehead atoms. The molecule has 0 heterocycles. The van der Waals surface area contributed by atoms with Gasteiger partial charge in [-0.05, 0) is 0 Å². The molecule has 0 saturated carbocycles. The van der Waals surface area contributed by atoms with Crippen LogP contribution < -0.4 is 5.73 Å². The number of hydrogen-bond acceptors (Lipinski definition) is 4. The van der Waals surface area contributed by atoms with Crippen molar-refractivity contribution < 1.29 is 14.6 Å². The summed E-state index contributed by atoms with van der Waals surface area (Å²) in [7, 11) is 0. The van der Waals surface area contributed by atoms with Crippen LogP contribution in [0.2, 0.25) is 0 Å². The van der Waals surface area contributed by atoms with E-state index >= 15 is 0 Å². The van der Waals surface area contributed by atoms with E-state index in [1.165, 1.54) is 0 Å². The number of rotatable bonds is 4. The zero-order chi connectivity index (χ0) is 5.54. The lowest BCUT2D eigenvalue weighted by atomic mass is 10.8. The zero-order valence-electron chi connectivity index (χ0n) is 3.79. The Bertz CT molecular complexity index is 47.4. The van der Waals surface area contributed by atoms with E-state index in [9.17, 15) is 4.79 Å². The third-order valence-corrected chi connectivity index (χ3v) is 0.309. The summed E-state index contributed by atoms with van der Waals surface area (Å²) in [5.41, 5.74) is 4.95. The fraction of sp³-hybridized carbons (Fsp3) is 0.667. The van der Waals surface area contributed by atoms with Gasteiger partial charge < -0.3 is 10.6 Å². The second-order valence-electron chi connectivity index (χ2n) is 0.803. The molecule has 0 aliphatic carbocycles. The zero-order valence-corrected chi connectivity index (χ0v) is 3.79. The van der Waals surface area contributed by atoms with Crippen LogP contribution in [-0.2, 0) is 14.6 Å². The first-order chi connectivity index (χ1) is 3.41. The van der Waals surface area contributed by atoms with E-state index in [4.69, 9.17) is 5.73 Å². The summed E-state index contributed by atoms with van der Waals surface area (Å²) in [6, 6.07) is 0. The van der Waals surface area contributed by atoms with Crippen molar-refractivity contribution in [2.75, 3.05) is 13.2 Å². The van der Waals surface area contributed by atoms with Gasteiger partial charge in [0.2, 0.25) is 0 Å². The van der Waals surface area contributed by atoms with Gasteiger partial charge in [0.25, 0.3) is 0 Å². The average Bonchev–Trinajstić information content (AvgIpc) is 1.69.